The van der Waals surface area contributed by atoms with Gasteiger partial charge in [-0.2, -0.15) is 0 Å². The van der Waals surface area contributed by atoms with E-state index in [4.69, 9.17) is 14.7 Å². The van der Waals surface area contributed by atoms with E-state index >= 15 is 0 Å². The summed E-state index contributed by atoms with van der Waals surface area (Å²) in [6.45, 7) is 4.31. The van der Waals surface area contributed by atoms with Crippen LogP contribution in [0.3, 0.4) is 0 Å². The van der Waals surface area contributed by atoms with E-state index in [1.807, 2.05) is 55.5 Å². The van der Waals surface area contributed by atoms with E-state index in [0.29, 0.717) is 31.3 Å². The summed E-state index contributed by atoms with van der Waals surface area (Å²) >= 11 is 0. The van der Waals surface area contributed by atoms with Crippen LogP contribution in [0.1, 0.15) is 0 Å². The summed E-state index contributed by atoms with van der Waals surface area (Å²) in [4.78, 5) is 29.2. The highest BCUT2D eigenvalue weighted by Gasteiger charge is 2.19. The van der Waals surface area contributed by atoms with Crippen LogP contribution < -0.4 is 15.5 Å². The second kappa shape index (κ2) is 9.10. The summed E-state index contributed by atoms with van der Waals surface area (Å²) < 4.78 is 5.48. The van der Waals surface area contributed by atoms with Gasteiger partial charge in [0.25, 0.3) is 0 Å². The Bertz CT molecular complexity index is 1010. The molecule has 3 N–H and O–H groups in total. The molecular formula is C21H27N7O2. The number of carbonyl (C=O) groups excluding carboxylic acids is 1. The molecular weight excluding hydrogens is 382 g/mol. The fraction of sp³-hybridized carbons (Fsp3) is 0.381. The molecule has 0 radical (unpaired) electrons. The van der Waals surface area contributed by atoms with E-state index in [0.717, 1.165) is 42.0 Å². The van der Waals surface area contributed by atoms with E-state index in [-0.39, 0.29) is 6.03 Å². The number of hydrogen-bond acceptors (Lipinski definition) is 6. The maximum atomic E-state index is 12.1. The average Bonchev–Trinajstić information content (AvgIpc) is 3.22. The number of likely N-dealkylation sites (N-methyl/N-ethyl adjacent to an activating group) is 1. The third-order valence-electron chi connectivity index (χ3n) is 4.92. The maximum Gasteiger partial charge on any atom is 0.319 e. The Kier molecular flexibility index (Phi) is 6.10. The molecule has 2 aromatic heterocycles. The van der Waals surface area contributed by atoms with Crippen LogP contribution in [0, 0.1) is 0 Å². The molecule has 1 fully saturated rings. The van der Waals surface area contributed by atoms with E-state index in [2.05, 4.69) is 20.5 Å². The number of urea groups is 1. The van der Waals surface area contributed by atoms with Gasteiger partial charge in [-0.15, -0.1) is 0 Å². The van der Waals surface area contributed by atoms with Crippen LogP contribution >= 0.6 is 0 Å². The van der Waals surface area contributed by atoms with Gasteiger partial charge in [0.2, 0.25) is 0 Å². The average molecular weight is 409 g/mol. The number of nitrogens with zero attached hydrogens (tertiary/aromatic N) is 4. The fourth-order valence-electron chi connectivity index (χ4n) is 3.37. The lowest BCUT2D eigenvalue weighted by Gasteiger charge is -2.28. The van der Waals surface area contributed by atoms with Crippen LogP contribution in [-0.2, 0) is 4.74 Å². The van der Waals surface area contributed by atoms with Gasteiger partial charge in [0, 0.05) is 43.6 Å². The van der Waals surface area contributed by atoms with Crippen LogP contribution in [0.15, 0.2) is 36.5 Å². The third kappa shape index (κ3) is 4.69. The standard InChI is InChI=1S/C21H27N7O2/c1-27(2)9-8-23-21(29)24-16-5-3-4-15(14-16)19-25-17-6-7-22-18(17)20(26-19)28-10-12-30-13-11-28/h3-7,14,22H,8-13H2,1-2H3,(H2,23,24,29). The van der Waals surface area contributed by atoms with Gasteiger partial charge in [0.05, 0.1) is 18.7 Å². The lowest BCUT2D eigenvalue weighted by Crippen LogP contribution is -2.37. The molecule has 0 atom stereocenters. The predicted octanol–water partition coefficient (Wildman–Crippen LogP) is 2.14. The van der Waals surface area contributed by atoms with Crippen LogP contribution in [-0.4, -0.2) is 79.4 Å². The van der Waals surface area contributed by atoms with Gasteiger partial charge < -0.3 is 30.2 Å². The molecule has 4 rings (SSSR count). The van der Waals surface area contributed by atoms with Gasteiger partial charge in [-0.25, -0.2) is 14.8 Å². The predicted molar refractivity (Wildman–Crippen MR) is 118 cm³/mol. The highest BCUT2D eigenvalue weighted by Crippen LogP contribution is 2.28. The van der Waals surface area contributed by atoms with Crippen molar-refractivity contribution in [2.24, 2.45) is 0 Å². The van der Waals surface area contributed by atoms with Crippen molar-refractivity contribution in [3.8, 4) is 11.4 Å². The molecule has 158 valence electrons. The Balaban J connectivity index is 1.56. The Morgan fingerprint density at radius 1 is 1.23 bits per heavy atom. The van der Waals surface area contributed by atoms with Crippen molar-refractivity contribution >= 4 is 28.6 Å². The van der Waals surface area contributed by atoms with Gasteiger partial charge in [0.15, 0.2) is 11.6 Å². The van der Waals surface area contributed by atoms with Crippen molar-refractivity contribution < 1.29 is 9.53 Å². The molecule has 1 aliphatic heterocycles. The Morgan fingerprint density at radius 3 is 2.87 bits per heavy atom. The number of nitrogens with one attached hydrogen (secondary N) is 3. The summed E-state index contributed by atoms with van der Waals surface area (Å²) in [5, 5.41) is 5.73. The minimum Gasteiger partial charge on any atom is -0.378 e. The number of H-pyrrole nitrogens is 1. The second-order valence-corrected chi connectivity index (χ2v) is 7.47. The fourth-order valence-corrected chi connectivity index (χ4v) is 3.37. The smallest absolute Gasteiger partial charge is 0.319 e. The molecule has 0 aliphatic carbocycles. The molecule has 0 spiro atoms. The Labute approximate surface area is 175 Å². The second-order valence-electron chi connectivity index (χ2n) is 7.47. The number of morpholine rings is 1. The number of carbonyl (C=O) groups is 1. The zero-order valence-electron chi connectivity index (χ0n) is 17.3. The highest BCUT2D eigenvalue weighted by atomic mass is 16.5. The molecule has 0 bridgehead atoms. The summed E-state index contributed by atoms with van der Waals surface area (Å²) in [6.07, 6.45) is 1.88. The summed E-state index contributed by atoms with van der Waals surface area (Å²) in [7, 11) is 3.94. The molecule has 0 saturated carbocycles. The monoisotopic (exact) mass is 409 g/mol. The molecule has 0 unspecified atom stereocenters. The quantitative estimate of drug-likeness (QED) is 0.577. The molecule has 1 aromatic carbocycles. The third-order valence-corrected chi connectivity index (χ3v) is 4.92. The van der Waals surface area contributed by atoms with E-state index in [9.17, 15) is 4.79 Å². The molecule has 3 heterocycles. The summed E-state index contributed by atoms with van der Waals surface area (Å²) in [5.41, 5.74) is 3.33. The molecule has 9 heteroatoms. The molecule has 9 nitrogen and oxygen atoms in total. The molecule has 1 aliphatic rings. The van der Waals surface area contributed by atoms with Crippen LogP contribution in [0.2, 0.25) is 0 Å². The number of aromatic amines is 1. The number of ether oxygens (including phenoxy) is 1. The lowest BCUT2D eigenvalue weighted by atomic mass is 10.2. The first kappa shape index (κ1) is 20.1. The zero-order valence-corrected chi connectivity index (χ0v) is 17.3. The van der Waals surface area contributed by atoms with E-state index in [1.165, 1.54) is 0 Å². The highest BCUT2D eigenvalue weighted by molar-refractivity contribution is 5.91. The number of fused-ring (bicyclic) bond motifs is 1. The van der Waals surface area contributed by atoms with Crippen molar-refractivity contribution in [3.05, 3.63) is 36.5 Å². The van der Waals surface area contributed by atoms with Gasteiger partial charge in [0.1, 0.15) is 5.52 Å². The normalized spacial score (nSPS) is 14.3. The topological polar surface area (TPSA) is 98.4 Å². The van der Waals surface area contributed by atoms with Crippen LogP contribution in [0.25, 0.3) is 22.4 Å². The molecule has 3 aromatic rings. The van der Waals surface area contributed by atoms with Crippen molar-refractivity contribution in [1.29, 1.82) is 0 Å². The molecule has 30 heavy (non-hydrogen) atoms. The number of hydrogen-bond donors (Lipinski definition) is 3. The van der Waals surface area contributed by atoms with Crippen molar-refractivity contribution in [2.45, 2.75) is 0 Å². The molecule has 2 amide bonds. The first-order chi connectivity index (χ1) is 14.6. The first-order valence-corrected chi connectivity index (χ1v) is 10.1. The van der Waals surface area contributed by atoms with Crippen LogP contribution in [0.4, 0.5) is 16.3 Å². The Hall–Kier alpha value is -3.17. The first-order valence-electron chi connectivity index (χ1n) is 10.1. The van der Waals surface area contributed by atoms with Gasteiger partial charge >= 0.3 is 6.03 Å². The Morgan fingerprint density at radius 2 is 2.07 bits per heavy atom. The minimum atomic E-state index is -0.231. The summed E-state index contributed by atoms with van der Waals surface area (Å²) in [5.74, 6) is 1.50. The lowest BCUT2D eigenvalue weighted by molar-refractivity contribution is 0.122. The van der Waals surface area contributed by atoms with Crippen molar-refractivity contribution in [2.75, 3.05) is 63.7 Å². The zero-order chi connectivity index (χ0) is 20.9. The minimum absolute atomic E-state index is 0.231. The van der Waals surface area contributed by atoms with Gasteiger partial charge in [-0.3, -0.25) is 0 Å². The van der Waals surface area contributed by atoms with Crippen LogP contribution in [0.5, 0.6) is 0 Å². The summed E-state index contributed by atoms with van der Waals surface area (Å²) in [6, 6.07) is 9.31. The SMILES string of the molecule is CN(C)CCNC(=O)Nc1cccc(-c2nc(N3CCOCC3)c3[nH]ccc3n2)c1. The number of anilines is 2. The van der Waals surface area contributed by atoms with Crippen molar-refractivity contribution in [3.63, 3.8) is 0 Å². The van der Waals surface area contributed by atoms with Gasteiger partial charge in [-0.1, -0.05) is 12.1 Å². The van der Waals surface area contributed by atoms with E-state index < -0.39 is 0 Å². The van der Waals surface area contributed by atoms with Gasteiger partial charge in [-0.05, 0) is 32.3 Å². The molecule has 1 saturated heterocycles. The number of rotatable bonds is 6. The number of amides is 2. The number of benzene rings is 1. The largest absolute Gasteiger partial charge is 0.378 e. The van der Waals surface area contributed by atoms with E-state index in [1.54, 1.807) is 0 Å². The maximum absolute atomic E-state index is 12.1. The van der Waals surface area contributed by atoms with Crippen molar-refractivity contribution in [1.82, 2.24) is 25.2 Å². The number of aromatic nitrogens is 3.